The van der Waals surface area contributed by atoms with E-state index in [0.717, 1.165) is 5.56 Å². The summed E-state index contributed by atoms with van der Waals surface area (Å²) in [4.78, 5) is 19.0. The molecule has 1 aliphatic carbocycles. The van der Waals surface area contributed by atoms with Crippen LogP contribution in [0.4, 0.5) is 0 Å². The van der Waals surface area contributed by atoms with Crippen molar-refractivity contribution in [3.05, 3.63) is 61.0 Å². The maximum atomic E-state index is 10.9. The van der Waals surface area contributed by atoms with Crippen LogP contribution in [0.25, 0.3) is 0 Å². The fourth-order valence-electron chi connectivity index (χ4n) is 3.34. The summed E-state index contributed by atoms with van der Waals surface area (Å²) in [5, 5.41) is 22.3. The molecule has 1 aromatic heterocycles. The number of nitro groups is 1. The Kier molecular flexibility index (Phi) is 6.68. The van der Waals surface area contributed by atoms with Gasteiger partial charge in [-0.1, -0.05) is 29.3 Å². The monoisotopic (exact) mass is 391 g/mol. The van der Waals surface area contributed by atoms with E-state index in [2.05, 4.69) is 9.97 Å². The van der Waals surface area contributed by atoms with Gasteiger partial charge in [-0.05, 0) is 37.5 Å². The minimum absolute atomic E-state index is 0. The normalized spacial score (nSPS) is 19.0. The van der Waals surface area contributed by atoms with E-state index in [4.69, 9.17) is 23.2 Å². The SMILES string of the molecule is Cc1nc(O)c2c(n1)C(c1ccc(Cl)cc1Cl)CCC2C[N+](=O)[O-].[NaH]. The average molecular weight is 392 g/mol. The number of aryl methyl sites for hydroxylation is 1. The van der Waals surface area contributed by atoms with E-state index in [0.29, 0.717) is 40.0 Å². The zero-order valence-corrected chi connectivity index (χ0v) is 14.4. The van der Waals surface area contributed by atoms with Crippen LogP contribution in [-0.4, -0.2) is 56.1 Å². The molecule has 1 heterocycles. The number of halogens is 2. The molecule has 0 bridgehead atoms. The summed E-state index contributed by atoms with van der Waals surface area (Å²) >= 11 is 12.3. The minimum atomic E-state index is -0.405. The standard InChI is InChI=1S/C16H15Cl2N3O3.Na.H/c1-8-19-15-12(11-5-3-10(17)6-13(11)18)4-2-9(7-21(23)24)14(15)16(22)20-8;;/h3,5-6,9,12H,2,4,7H2,1H3,(H,19,20,22);;. The van der Waals surface area contributed by atoms with Gasteiger partial charge in [0.2, 0.25) is 12.4 Å². The molecule has 0 amide bonds. The summed E-state index contributed by atoms with van der Waals surface area (Å²) in [7, 11) is 0. The molecular weight excluding hydrogens is 376 g/mol. The molecule has 128 valence electrons. The van der Waals surface area contributed by atoms with Crippen LogP contribution >= 0.6 is 23.2 Å². The Hall–Kier alpha value is -0.920. The molecule has 0 fully saturated rings. The first-order valence-corrected chi connectivity index (χ1v) is 8.26. The summed E-state index contributed by atoms with van der Waals surface area (Å²) in [6.45, 7) is 1.42. The average Bonchev–Trinajstić information content (AvgIpc) is 2.47. The molecule has 0 spiro atoms. The van der Waals surface area contributed by atoms with Crippen molar-refractivity contribution >= 4 is 52.8 Å². The molecule has 6 nitrogen and oxygen atoms in total. The predicted octanol–water partition coefficient (Wildman–Crippen LogP) is 3.43. The van der Waals surface area contributed by atoms with E-state index < -0.39 is 5.92 Å². The molecular formula is C16H16Cl2N3NaO3. The number of aromatic hydroxyl groups is 1. The van der Waals surface area contributed by atoms with E-state index in [9.17, 15) is 15.2 Å². The van der Waals surface area contributed by atoms with E-state index in [-0.39, 0.29) is 52.8 Å². The molecule has 2 unspecified atom stereocenters. The quantitative estimate of drug-likeness (QED) is 0.491. The zero-order chi connectivity index (χ0) is 17.4. The van der Waals surface area contributed by atoms with Gasteiger partial charge in [0.05, 0.1) is 11.6 Å². The van der Waals surface area contributed by atoms with Gasteiger partial charge >= 0.3 is 29.6 Å². The van der Waals surface area contributed by atoms with Gasteiger partial charge < -0.3 is 5.11 Å². The molecule has 3 rings (SSSR count). The van der Waals surface area contributed by atoms with Crippen LogP contribution in [0.15, 0.2) is 18.2 Å². The molecule has 1 aromatic carbocycles. The molecule has 9 heteroatoms. The third kappa shape index (κ3) is 4.26. The molecule has 25 heavy (non-hydrogen) atoms. The molecule has 0 saturated heterocycles. The van der Waals surface area contributed by atoms with E-state index in [1.807, 2.05) is 6.07 Å². The van der Waals surface area contributed by atoms with Gasteiger partial charge in [-0.25, -0.2) is 4.98 Å². The fraction of sp³-hybridized carbons (Fsp3) is 0.375. The van der Waals surface area contributed by atoms with Gasteiger partial charge in [-0.15, -0.1) is 0 Å². The van der Waals surface area contributed by atoms with Gasteiger partial charge in [0, 0.05) is 26.4 Å². The summed E-state index contributed by atoms with van der Waals surface area (Å²) in [5.74, 6) is -0.319. The number of hydrogen-bond donors (Lipinski definition) is 1. The van der Waals surface area contributed by atoms with Crippen LogP contribution in [-0.2, 0) is 0 Å². The van der Waals surface area contributed by atoms with Crippen molar-refractivity contribution in [1.82, 2.24) is 9.97 Å². The number of nitrogens with zero attached hydrogens (tertiary/aromatic N) is 3. The number of benzene rings is 1. The van der Waals surface area contributed by atoms with Crippen molar-refractivity contribution in [2.75, 3.05) is 6.54 Å². The van der Waals surface area contributed by atoms with Crippen LogP contribution in [0.1, 0.15) is 47.3 Å². The third-order valence-electron chi connectivity index (χ3n) is 4.32. The topological polar surface area (TPSA) is 89.2 Å². The van der Waals surface area contributed by atoms with Crippen molar-refractivity contribution in [3.8, 4) is 5.88 Å². The van der Waals surface area contributed by atoms with Gasteiger partial charge in [0.25, 0.3) is 0 Å². The Bertz CT molecular complexity index is 819. The first-order valence-electron chi connectivity index (χ1n) is 7.51. The molecule has 2 atom stereocenters. The Morgan fingerprint density at radius 2 is 2.04 bits per heavy atom. The van der Waals surface area contributed by atoms with Gasteiger partial charge in [0.15, 0.2) is 0 Å². The van der Waals surface area contributed by atoms with Crippen molar-refractivity contribution in [2.24, 2.45) is 0 Å². The van der Waals surface area contributed by atoms with Crippen LogP contribution in [0, 0.1) is 17.0 Å². The second-order valence-electron chi connectivity index (χ2n) is 5.90. The Morgan fingerprint density at radius 3 is 2.68 bits per heavy atom. The Balaban J connectivity index is 0.00000225. The van der Waals surface area contributed by atoms with Crippen molar-refractivity contribution in [3.63, 3.8) is 0 Å². The van der Waals surface area contributed by atoms with Gasteiger partial charge in [0.1, 0.15) is 5.82 Å². The second kappa shape index (κ2) is 8.18. The van der Waals surface area contributed by atoms with Crippen LogP contribution < -0.4 is 0 Å². The number of hydrogen-bond acceptors (Lipinski definition) is 5. The second-order valence-corrected chi connectivity index (χ2v) is 6.74. The van der Waals surface area contributed by atoms with Crippen LogP contribution in [0.2, 0.25) is 10.0 Å². The van der Waals surface area contributed by atoms with Crippen LogP contribution in [0.3, 0.4) is 0 Å². The molecule has 0 saturated carbocycles. The Labute approximate surface area is 177 Å². The zero-order valence-electron chi connectivity index (χ0n) is 12.9. The van der Waals surface area contributed by atoms with Gasteiger partial charge in [-0.2, -0.15) is 4.98 Å². The fourth-order valence-corrected chi connectivity index (χ4v) is 3.88. The first-order chi connectivity index (χ1) is 11.4. The van der Waals surface area contributed by atoms with Crippen molar-refractivity contribution in [1.29, 1.82) is 0 Å². The maximum absolute atomic E-state index is 10.9. The summed E-state index contributed by atoms with van der Waals surface area (Å²) in [6.07, 6.45) is 1.21. The third-order valence-corrected chi connectivity index (χ3v) is 4.88. The number of rotatable bonds is 3. The van der Waals surface area contributed by atoms with E-state index in [1.54, 1.807) is 19.1 Å². The van der Waals surface area contributed by atoms with Gasteiger partial charge in [-0.3, -0.25) is 10.1 Å². The predicted molar refractivity (Wildman–Crippen MR) is 97.7 cm³/mol. The van der Waals surface area contributed by atoms with Crippen molar-refractivity contribution < 1.29 is 10.0 Å². The van der Waals surface area contributed by atoms with E-state index in [1.165, 1.54) is 0 Å². The molecule has 1 N–H and O–H groups in total. The van der Waals surface area contributed by atoms with Crippen LogP contribution in [0.5, 0.6) is 5.88 Å². The molecule has 1 aliphatic rings. The Morgan fingerprint density at radius 1 is 1.32 bits per heavy atom. The molecule has 0 aliphatic heterocycles. The first kappa shape index (κ1) is 20.4. The summed E-state index contributed by atoms with van der Waals surface area (Å²) in [6, 6.07) is 5.25. The number of aromatic nitrogens is 2. The summed E-state index contributed by atoms with van der Waals surface area (Å²) in [5.41, 5.74) is 1.92. The summed E-state index contributed by atoms with van der Waals surface area (Å²) < 4.78 is 0. The molecule has 0 radical (unpaired) electrons. The number of fused-ring (bicyclic) bond motifs is 1. The molecule has 2 aromatic rings. The van der Waals surface area contributed by atoms with Crippen molar-refractivity contribution in [2.45, 2.75) is 31.6 Å². The van der Waals surface area contributed by atoms with E-state index >= 15 is 0 Å².